The van der Waals surface area contributed by atoms with Crippen molar-refractivity contribution in [1.82, 2.24) is 14.9 Å². The van der Waals surface area contributed by atoms with Gasteiger partial charge in [-0.15, -0.1) is 0 Å². The lowest BCUT2D eigenvalue weighted by Crippen LogP contribution is -2.40. The predicted molar refractivity (Wildman–Crippen MR) is 72.0 cm³/mol. The summed E-state index contributed by atoms with van der Waals surface area (Å²) < 4.78 is 7.78. The Labute approximate surface area is 111 Å². The first-order valence-corrected chi connectivity index (χ1v) is 6.55. The van der Waals surface area contributed by atoms with Crippen molar-refractivity contribution in [3.8, 4) is 0 Å². The maximum Gasteiger partial charge on any atom is 0.112 e. The Hall–Kier alpha value is -1.10. The molecule has 0 radical (unpaired) electrons. The van der Waals surface area contributed by atoms with Gasteiger partial charge in [-0.1, -0.05) is 17.7 Å². The minimum Gasteiger partial charge on any atom is -0.375 e. The highest BCUT2D eigenvalue weighted by atomic mass is 35.5. The largest absolute Gasteiger partial charge is 0.375 e. The average Bonchev–Trinajstić information content (AvgIpc) is 2.69. The first kappa shape index (κ1) is 12.0. The van der Waals surface area contributed by atoms with Crippen molar-refractivity contribution >= 4 is 22.6 Å². The number of morpholine rings is 1. The van der Waals surface area contributed by atoms with Crippen molar-refractivity contribution in [2.24, 2.45) is 7.05 Å². The minimum atomic E-state index is 0.202. The molecule has 1 atom stereocenters. The summed E-state index contributed by atoms with van der Waals surface area (Å²) in [6.07, 6.45) is 1.02. The second-order valence-electron chi connectivity index (χ2n) is 4.60. The molecule has 4 nitrogen and oxygen atoms in total. The fraction of sp³-hybridized carbons (Fsp3) is 0.462. The molecule has 1 N–H and O–H groups in total. The summed E-state index contributed by atoms with van der Waals surface area (Å²) in [5.41, 5.74) is 1.95. The molecule has 1 aromatic carbocycles. The zero-order valence-corrected chi connectivity index (χ0v) is 11.1. The van der Waals surface area contributed by atoms with Crippen LogP contribution in [-0.2, 0) is 18.2 Å². The summed E-state index contributed by atoms with van der Waals surface area (Å²) in [6.45, 7) is 2.59. The lowest BCUT2D eigenvalue weighted by Gasteiger charge is -2.23. The van der Waals surface area contributed by atoms with Gasteiger partial charge in [-0.3, -0.25) is 0 Å². The van der Waals surface area contributed by atoms with Crippen LogP contribution in [0.4, 0.5) is 0 Å². The topological polar surface area (TPSA) is 39.1 Å². The molecule has 1 fully saturated rings. The molecule has 96 valence electrons. The van der Waals surface area contributed by atoms with E-state index < -0.39 is 0 Å². The molecule has 1 aliphatic heterocycles. The van der Waals surface area contributed by atoms with Gasteiger partial charge in [-0.25, -0.2) is 4.98 Å². The number of benzene rings is 1. The number of aryl methyl sites for hydroxylation is 1. The normalized spacial score (nSPS) is 20.4. The Kier molecular flexibility index (Phi) is 3.24. The van der Waals surface area contributed by atoms with E-state index in [9.17, 15) is 0 Å². The zero-order chi connectivity index (χ0) is 12.5. The highest BCUT2D eigenvalue weighted by Gasteiger charge is 2.18. The van der Waals surface area contributed by atoms with Crippen LogP contribution in [0.1, 0.15) is 5.82 Å². The Morgan fingerprint density at radius 3 is 3.17 bits per heavy atom. The van der Waals surface area contributed by atoms with Gasteiger partial charge in [0.15, 0.2) is 0 Å². The van der Waals surface area contributed by atoms with Crippen LogP contribution in [0.3, 0.4) is 0 Å². The SMILES string of the molecule is Cn1c(CC2CNCCO2)nc2cccc(Cl)c21. The molecular weight excluding hydrogens is 250 g/mol. The third-order valence-electron chi connectivity index (χ3n) is 3.35. The van der Waals surface area contributed by atoms with E-state index in [0.717, 1.165) is 48.0 Å². The maximum absolute atomic E-state index is 6.21. The van der Waals surface area contributed by atoms with Crippen molar-refractivity contribution in [2.75, 3.05) is 19.7 Å². The van der Waals surface area contributed by atoms with Gasteiger partial charge in [-0.05, 0) is 12.1 Å². The number of rotatable bonds is 2. The molecule has 1 aromatic heterocycles. The molecule has 2 aromatic rings. The standard InChI is InChI=1S/C13H16ClN3O/c1-17-12(7-9-8-15-5-6-18-9)16-11-4-2-3-10(14)13(11)17/h2-4,9,15H,5-8H2,1H3. The molecule has 5 heteroatoms. The highest BCUT2D eigenvalue weighted by molar-refractivity contribution is 6.35. The lowest BCUT2D eigenvalue weighted by molar-refractivity contribution is 0.0277. The summed E-state index contributed by atoms with van der Waals surface area (Å²) in [6, 6.07) is 5.82. The third-order valence-corrected chi connectivity index (χ3v) is 3.66. The minimum absolute atomic E-state index is 0.202. The van der Waals surface area contributed by atoms with E-state index in [1.807, 2.05) is 25.2 Å². The average molecular weight is 266 g/mol. The van der Waals surface area contributed by atoms with E-state index in [1.165, 1.54) is 0 Å². The Bertz CT molecular complexity index is 561. The molecular formula is C13H16ClN3O. The fourth-order valence-electron chi connectivity index (χ4n) is 2.41. The van der Waals surface area contributed by atoms with Gasteiger partial charge < -0.3 is 14.6 Å². The first-order chi connectivity index (χ1) is 8.75. The zero-order valence-electron chi connectivity index (χ0n) is 10.3. The van der Waals surface area contributed by atoms with Crippen molar-refractivity contribution in [2.45, 2.75) is 12.5 Å². The van der Waals surface area contributed by atoms with Crippen LogP contribution in [0.5, 0.6) is 0 Å². The van der Waals surface area contributed by atoms with Crippen LogP contribution in [0.25, 0.3) is 11.0 Å². The Morgan fingerprint density at radius 1 is 1.56 bits per heavy atom. The smallest absolute Gasteiger partial charge is 0.112 e. The Morgan fingerprint density at radius 2 is 2.44 bits per heavy atom. The summed E-state index contributed by atoms with van der Waals surface area (Å²) >= 11 is 6.21. The van der Waals surface area contributed by atoms with Crippen molar-refractivity contribution in [1.29, 1.82) is 0 Å². The van der Waals surface area contributed by atoms with E-state index in [2.05, 4.69) is 14.9 Å². The van der Waals surface area contributed by atoms with Crippen LogP contribution in [-0.4, -0.2) is 35.4 Å². The first-order valence-electron chi connectivity index (χ1n) is 6.18. The van der Waals surface area contributed by atoms with Crippen molar-refractivity contribution < 1.29 is 4.74 Å². The molecule has 2 heterocycles. The van der Waals surface area contributed by atoms with E-state index in [1.54, 1.807) is 0 Å². The molecule has 0 spiro atoms. The van der Waals surface area contributed by atoms with Crippen LogP contribution >= 0.6 is 11.6 Å². The number of ether oxygens (including phenoxy) is 1. The molecule has 0 aliphatic carbocycles. The highest BCUT2D eigenvalue weighted by Crippen LogP contribution is 2.24. The predicted octanol–water partition coefficient (Wildman–Crippen LogP) is 1.76. The van der Waals surface area contributed by atoms with Crippen molar-refractivity contribution in [3.05, 3.63) is 29.0 Å². The number of nitrogens with zero attached hydrogens (tertiary/aromatic N) is 2. The number of hydrogen-bond donors (Lipinski definition) is 1. The van der Waals surface area contributed by atoms with Crippen LogP contribution in [0.15, 0.2) is 18.2 Å². The lowest BCUT2D eigenvalue weighted by atomic mass is 10.2. The maximum atomic E-state index is 6.21. The van der Waals surface area contributed by atoms with Crippen molar-refractivity contribution in [3.63, 3.8) is 0 Å². The summed E-state index contributed by atoms with van der Waals surface area (Å²) in [5, 5.41) is 4.08. The van der Waals surface area contributed by atoms with Crippen LogP contribution in [0, 0.1) is 0 Å². The number of aromatic nitrogens is 2. The van der Waals surface area contributed by atoms with Gasteiger partial charge in [0.05, 0.1) is 28.8 Å². The van der Waals surface area contributed by atoms with Gasteiger partial charge in [0.2, 0.25) is 0 Å². The molecule has 0 saturated carbocycles. The number of halogens is 1. The second-order valence-corrected chi connectivity index (χ2v) is 5.00. The van der Waals surface area contributed by atoms with Gasteiger partial charge in [-0.2, -0.15) is 0 Å². The number of para-hydroxylation sites is 1. The molecule has 1 unspecified atom stereocenters. The van der Waals surface area contributed by atoms with Crippen LogP contribution < -0.4 is 5.32 Å². The molecule has 0 bridgehead atoms. The number of nitrogens with one attached hydrogen (secondary N) is 1. The molecule has 0 amide bonds. The van der Waals surface area contributed by atoms with E-state index in [-0.39, 0.29) is 6.10 Å². The van der Waals surface area contributed by atoms with Gasteiger partial charge in [0, 0.05) is 26.6 Å². The van der Waals surface area contributed by atoms with Crippen LogP contribution in [0.2, 0.25) is 5.02 Å². The fourth-order valence-corrected chi connectivity index (χ4v) is 2.70. The van der Waals surface area contributed by atoms with Gasteiger partial charge >= 0.3 is 0 Å². The number of imidazole rings is 1. The number of fused-ring (bicyclic) bond motifs is 1. The Balaban J connectivity index is 1.92. The summed E-state index contributed by atoms with van der Waals surface area (Å²) in [7, 11) is 2.01. The van der Waals surface area contributed by atoms with E-state index in [4.69, 9.17) is 16.3 Å². The second kappa shape index (κ2) is 4.88. The number of hydrogen-bond acceptors (Lipinski definition) is 3. The molecule has 1 saturated heterocycles. The van der Waals surface area contributed by atoms with Gasteiger partial charge in [0.1, 0.15) is 5.82 Å². The van der Waals surface area contributed by atoms with E-state index in [0.29, 0.717) is 0 Å². The van der Waals surface area contributed by atoms with Gasteiger partial charge in [0.25, 0.3) is 0 Å². The monoisotopic (exact) mass is 265 g/mol. The summed E-state index contributed by atoms with van der Waals surface area (Å²) in [4.78, 5) is 4.64. The molecule has 18 heavy (non-hydrogen) atoms. The quantitative estimate of drug-likeness (QED) is 0.899. The molecule has 3 rings (SSSR count). The molecule has 1 aliphatic rings. The summed E-state index contributed by atoms with van der Waals surface area (Å²) in [5.74, 6) is 1.02. The van der Waals surface area contributed by atoms with E-state index >= 15 is 0 Å². The third kappa shape index (κ3) is 2.11.